The summed E-state index contributed by atoms with van der Waals surface area (Å²) >= 11 is 0. The van der Waals surface area contributed by atoms with E-state index in [1.807, 2.05) is 11.7 Å². The Labute approximate surface area is 87.9 Å². The lowest BCUT2D eigenvalue weighted by Gasteiger charge is -2.08. The molecule has 5 heteroatoms. The number of para-hydroxylation sites is 1. The molecule has 1 aromatic rings. The van der Waals surface area contributed by atoms with Gasteiger partial charge in [-0.15, -0.1) is 0 Å². The van der Waals surface area contributed by atoms with Crippen LogP contribution in [0.2, 0.25) is 0 Å². The van der Waals surface area contributed by atoms with Crippen LogP contribution in [0.3, 0.4) is 0 Å². The molecule has 0 spiro atoms. The fourth-order valence-corrected chi connectivity index (χ4v) is 0.760. The molecule has 82 valence electrons. The number of hydrogen-bond donors (Lipinski definition) is 1. The molecule has 0 aromatic heterocycles. The molecule has 1 rings (SSSR count). The van der Waals surface area contributed by atoms with Gasteiger partial charge < -0.3 is 9.57 Å². The first-order valence-corrected chi connectivity index (χ1v) is 4.53. The molecule has 0 aliphatic carbocycles. The number of benzene rings is 1. The molecule has 15 heavy (non-hydrogen) atoms. The molecule has 0 heterocycles. The minimum atomic E-state index is -0.873. The van der Waals surface area contributed by atoms with Gasteiger partial charge in [-0.05, 0) is 31.6 Å². The maximum Gasteiger partial charge on any atom is 0.535 e. The van der Waals surface area contributed by atoms with Crippen LogP contribution in [0.5, 0.6) is 5.75 Å². The zero-order valence-electron chi connectivity index (χ0n) is 8.60. The van der Waals surface area contributed by atoms with E-state index in [2.05, 4.69) is 4.84 Å². The maximum atomic E-state index is 11.0. The number of nitrogens with one attached hydrogen (secondary N) is 1. The van der Waals surface area contributed by atoms with Gasteiger partial charge in [-0.3, -0.25) is 4.84 Å². The first-order chi connectivity index (χ1) is 7.18. The summed E-state index contributed by atoms with van der Waals surface area (Å²) in [5.41, 5.74) is 2.03. The highest BCUT2D eigenvalue weighted by Crippen LogP contribution is 2.08. The van der Waals surface area contributed by atoms with Gasteiger partial charge in [-0.25, -0.2) is 4.79 Å². The molecule has 1 aromatic carbocycles. The number of carbonyl (C=O) groups is 1. The van der Waals surface area contributed by atoms with Crippen LogP contribution in [0, 0.1) is 0 Å². The lowest BCUT2D eigenvalue weighted by atomic mass is 10.3. The first-order valence-electron chi connectivity index (χ1n) is 4.53. The molecule has 0 unspecified atom stereocenters. The molecule has 0 bridgehead atoms. The molecule has 0 radical (unpaired) electrons. The molecule has 0 aliphatic rings. The van der Waals surface area contributed by atoms with Gasteiger partial charge >= 0.3 is 6.16 Å². The second-order valence-corrected chi connectivity index (χ2v) is 3.02. The fourth-order valence-electron chi connectivity index (χ4n) is 0.760. The van der Waals surface area contributed by atoms with Crippen molar-refractivity contribution in [3.05, 3.63) is 30.3 Å². The number of rotatable bonds is 4. The Kier molecular flexibility index (Phi) is 4.59. The van der Waals surface area contributed by atoms with Gasteiger partial charge in [0.1, 0.15) is 5.75 Å². The Morgan fingerprint density at radius 3 is 2.53 bits per heavy atom. The van der Waals surface area contributed by atoms with Crippen molar-refractivity contribution >= 4 is 6.16 Å². The van der Waals surface area contributed by atoms with Crippen LogP contribution in [0.15, 0.2) is 30.3 Å². The van der Waals surface area contributed by atoms with Gasteiger partial charge in [-0.2, -0.15) is 0 Å². The van der Waals surface area contributed by atoms with Gasteiger partial charge in [0, 0.05) is 0 Å². The molecule has 0 atom stereocenters. The smallest absolute Gasteiger partial charge is 0.394 e. The minimum Gasteiger partial charge on any atom is -0.394 e. The SMILES string of the molecule is CC(C)ONOC(=O)Oc1ccccc1. The summed E-state index contributed by atoms with van der Waals surface area (Å²) in [6.07, 6.45) is -0.962. The summed E-state index contributed by atoms with van der Waals surface area (Å²) in [6, 6.07) is 8.61. The van der Waals surface area contributed by atoms with Crippen LogP contribution >= 0.6 is 0 Å². The van der Waals surface area contributed by atoms with E-state index in [-0.39, 0.29) is 6.10 Å². The average Bonchev–Trinajstić information content (AvgIpc) is 2.18. The van der Waals surface area contributed by atoms with Gasteiger partial charge in [-0.1, -0.05) is 18.2 Å². The molecular weight excluding hydrogens is 198 g/mol. The molecule has 5 nitrogen and oxygen atoms in total. The maximum absolute atomic E-state index is 11.0. The van der Waals surface area contributed by atoms with Gasteiger partial charge in [0.05, 0.1) is 6.10 Å². The largest absolute Gasteiger partial charge is 0.535 e. The second kappa shape index (κ2) is 6.00. The van der Waals surface area contributed by atoms with Crippen molar-refractivity contribution in [1.29, 1.82) is 0 Å². The van der Waals surface area contributed by atoms with Gasteiger partial charge in [0.25, 0.3) is 0 Å². The molecule has 0 saturated carbocycles. The molecule has 1 N–H and O–H groups in total. The van der Waals surface area contributed by atoms with E-state index in [0.29, 0.717) is 5.75 Å². The van der Waals surface area contributed by atoms with Crippen LogP contribution in [-0.4, -0.2) is 12.3 Å². The summed E-state index contributed by atoms with van der Waals surface area (Å²) in [6.45, 7) is 3.58. The Bertz CT molecular complexity index is 300. The van der Waals surface area contributed by atoms with Crippen LogP contribution in [-0.2, 0) is 9.68 Å². The van der Waals surface area contributed by atoms with E-state index < -0.39 is 6.16 Å². The van der Waals surface area contributed by atoms with Crippen molar-refractivity contribution in [3.63, 3.8) is 0 Å². The predicted molar refractivity (Wildman–Crippen MR) is 52.9 cm³/mol. The van der Waals surface area contributed by atoms with E-state index in [4.69, 9.17) is 9.57 Å². The fraction of sp³-hybridized carbons (Fsp3) is 0.300. The monoisotopic (exact) mass is 211 g/mol. The molecule has 0 amide bonds. The third-order valence-corrected chi connectivity index (χ3v) is 1.35. The van der Waals surface area contributed by atoms with E-state index in [0.717, 1.165) is 0 Å². The molecule has 0 saturated heterocycles. The van der Waals surface area contributed by atoms with E-state index in [1.54, 1.807) is 38.1 Å². The third kappa shape index (κ3) is 4.99. The lowest BCUT2D eigenvalue weighted by Crippen LogP contribution is -2.25. The highest BCUT2D eigenvalue weighted by molar-refractivity contribution is 5.63. The molecule has 0 aliphatic heterocycles. The Morgan fingerprint density at radius 1 is 1.27 bits per heavy atom. The van der Waals surface area contributed by atoms with Crippen molar-refractivity contribution in [1.82, 2.24) is 5.64 Å². The predicted octanol–water partition coefficient (Wildman–Crippen LogP) is 2.05. The van der Waals surface area contributed by atoms with Crippen LogP contribution < -0.4 is 10.4 Å². The van der Waals surface area contributed by atoms with Crippen LogP contribution in [0.1, 0.15) is 13.8 Å². The Balaban J connectivity index is 2.25. The van der Waals surface area contributed by atoms with E-state index in [9.17, 15) is 4.79 Å². The zero-order valence-corrected chi connectivity index (χ0v) is 8.60. The van der Waals surface area contributed by atoms with Crippen molar-refractivity contribution in [2.75, 3.05) is 0 Å². The van der Waals surface area contributed by atoms with Gasteiger partial charge in [0.15, 0.2) is 0 Å². The summed E-state index contributed by atoms with van der Waals surface area (Å²) < 4.78 is 4.79. The zero-order chi connectivity index (χ0) is 11.1. The van der Waals surface area contributed by atoms with Crippen molar-refractivity contribution in [3.8, 4) is 5.75 Å². The average molecular weight is 211 g/mol. The van der Waals surface area contributed by atoms with Crippen LogP contribution in [0.25, 0.3) is 0 Å². The first kappa shape index (κ1) is 11.5. The van der Waals surface area contributed by atoms with Crippen molar-refractivity contribution in [2.24, 2.45) is 0 Å². The Hall–Kier alpha value is -1.59. The highest BCUT2D eigenvalue weighted by atomic mass is 17.0. The van der Waals surface area contributed by atoms with Crippen LogP contribution in [0.4, 0.5) is 4.79 Å². The highest BCUT2D eigenvalue weighted by Gasteiger charge is 2.05. The quantitative estimate of drug-likeness (QED) is 0.469. The Morgan fingerprint density at radius 2 is 1.93 bits per heavy atom. The molecule has 0 fully saturated rings. The summed E-state index contributed by atoms with van der Waals surface area (Å²) in [5.74, 6) is 0.411. The van der Waals surface area contributed by atoms with Gasteiger partial charge in [0.2, 0.25) is 0 Å². The van der Waals surface area contributed by atoms with E-state index in [1.165, 1.54) is 0 Å². The summed E-state index contributed by atoms with van der Waals surface area (Å²) in [4.78, 5) is 20.2. The normalized spacial score (nSPS) is 10.1. The summed E-state index contributed by atoms with van der Waals surface area (Å²) in [7, 11) is 0. The molecular formula is C10H13NO4. The topological polar surface area (TPSA) is 56.8 Å². The standard InChI is InChI=1S/C10H13NO4/c1-8(2)14-11-15-10(12)13-9-6-4-3-5-7-9/h3-8,11H,1-2H3. The van der Waals surface area contributed by atoms with E-state index >= 15 is 0 Å². The lowest BCUT2D eigenvalue weighted by molar-refractivity contribution is -0.162. The third-order valence-electron chi connectivity index (χ3n) is 1.35. The summed E-state index contributed by atoms with van der Waals surface area (Å²) in [5, 5.41) is 0. The van der Waals surface area contributed by atoms with Crippen molar-refractivity contribution < 1.29 is 19.2 Å². The number of carbonyl (C=O) groups excluding carboxylic acids is 1. The second-order valence-electron chi connectivity index (χ2n) is 3.02. The number of ether oxygens (including phenoxy) is 1. The minimum absolute atomic E-state index is 0.0884. The number of hydrogen-bond acceptors (Lipinski definition) is 5. The van der Waals surface area contributed by atoms with Crippen molar-refractivity contribution in [2.45, 2.75) is 20.0 Å².